The summed E-state index contributed by atoms with van der Waals surface area (Å²) in [5, 5.41) is 10.6. The molecule has 0 saturated carbocycles. The predicted octanol–water partition coefficient (Wildman–Crippen LogP) is 23.3. The molecule has 2 unspecified atom stereocenters. The number of carbonyl (C=O) groups excluding carboxylic acids is 4. The van der Waals surface area contributed by atoms with Crippen LogP contribution in [0.1, 0.15) is 413 Å². The van der Waals surface area contributed by atoms with Crippen LogP contribution in [0.15, 0.2) is 0 Å². The Morgan fingerprint density at radius 3 is 0.701 bits per heavy atom. The number of phosphoric acid groups is 2. The van der Waals surface area contributed by atoms with Crippen molar-refractivity contribution in [3.8, 4) is 0 Å². The molecule has 0 aliphatic carbocycles. The average Bonchev–Trinajstić information content (AvgIpc) is 1.53. The monoisotopic (exact) mass is 1420 g/mol. The molecule has 576 valence electrons. The maximum absolute atomic E-state index is 13.1. The zero-order valence-corrected chi connectivity index (χ0v) is 65.0. The molecule has 0 rings (SSSR count). The van der Waals surface area contributed by atoms with Crippen molar-refractivity contribution in [3.63, 3.8) is 0 Å². The van der Waals surface area contributed by atoms with Gasteiger partial charge in [-0.2, -0.15) is 0 Å². The normalized spacial score (nSPS) is 13.9. The van der Waals surface area contributed by atoms with Gasteiger partial charge in [0.05, 0.1) is 26.4 Å². The van der Waals surface area contributed by atoms with Gasteiger partial charge in [-0.25, -0.2) is 9.13 Å². The number of unbranched alkanes of at least 4 members (excludes halogenated alkanes) is 50. The number of hydrogen-bond donors (Lipinski definition) is 3. The van der Waals surface area contributed by atoms with Gasteiger partial charge in [-0.05, 0) is 31.6 Å². The first kappa shape index (κ1) is 95.1. The zero-order chi connectivity index (χ0) is 71.2. The Hall–Kier alpha value is -1.94. The van der Waals surface area contributed by atoms with Gasteiger partial charge in [0.1, 0.15) is 19.3 Å². The van der Waals surface area contributed by atoms with Crippen molar-refractivity contribution in [1.29, 1.82) is 0 Å². The first-order valence-electron chi connectivity index (χ1n) is 40.6. The molecule has 5 atom stereocenters. The second kappa shape index (κ2) is 71.1. The Bertz CT molecular complexity index is 1860. The highest BCUT2D eigenvalue weighted by Crippen LogP contribution is 2.45. The lowest BCUT2D eigenvalue weighted by Gasteiger charge is -2.21. The smallest absolute Gasteiger partial charge is 0.462 e. The third-order valence-electron chi connectivity index (χ3n) is 18.3. The fraction of sp³-hybridized carbons (Fsp3) is 0.949. The molecule has 0 amide bonds. The Morgan fingerprint density at radius 2 is 0.474 bits per heavy atom. The van der Waals surface area contributed by atoms with Crippen molar-refractivity contribution in [1.82, 2.24) is 0 Å². The largest absolute Gasteiger partial charge is 0.472 e. The van der Waals surface area contributed by atoms with E-state index in [1.807, 2.05) is 0 Å². The number of aliphatic hydroxyl groups is 1. The van der Waals surface area contributed by atoms with E-state index in [0.29, 0.717) is 25.7 Å². The van der Waals surface area contributed by atoms with Gasteiger partial charge < -0.3 is 33.8 Å². The molecule has 0 aromatic carbocycles. The number of aliphatic hydroxyl groups excluding tert-OH is 1. The van der Waals surface area contributed by atoms with Crippen LogP contribution in [-0.4, -0.2) is 96.7 Å². The summed E-state index contributed by atoms with van der Waals surface area (Å²) in [4.78, 5) is 72.9. The highest BCUT2D eigenvalue weighted by molar-refractivity contribution is 7.47. The van der Waals surface area contributed by atoms with Crippen LogP contribution in [0, 0.1) is 5.92 Å². The van der Waals surface area contributed by atoms with E-state index in [2.05, 4.69) is 34.6 Å². The highest BCUT2D eigenvalue weighted by Gasteiger charge is 2.30. The maximum Gasteiger partial charge on any atom is 0.472 e. The van der Waals surface area contributed by atoms with E-state index in [-0.39, 0.29) is 25.7 Å². The van der Waals surface area contributed by atoms with Gasteiger partial charge in [-0.1, -0.05) is 362 Å². The summed E-state index contributed by atoms with van der Waals surface area (Å²) in [6.45, 7) is 7.33. The molecule has 3 N–H and O–H groups in total. The van der Waals surface area contributed by atoms with Crippen molar-refractivity contribution in [2.75, 3.05) is 39.6 Å². The summed E-state index contributed by atoms with van der Waals surface area (Å²) >= 11 is 0. The molecule has 0 spiro atoms. The van der Waals surface area contributed by atoms with Gasteiger partial charge in [-0.3, -0.25) is 37.3 Å². The van der Waals surface area contributed by atoms with E-state index < -0.39 is 97.5 Å². The standard InChI is InChI=1S/C78H152O17P2/c1-6-9-12-15-18-21-24-26-27-28-29-30-34-39-44-49-54-59-64-78(83)95-74(68-89-76(81)62-57-52-47-42-37-35-31-33-36-40-45-50-55-60-71(4)5)70-93-97(86,87)91-66-72(79)65-90-96(84,85)92-69-73(67-88-75(80)61-56-51-46-41-23-20-17-14-11-8-3)94-77(82)63-58-53-48-43-38-32-25-22-19-16-13-10-7-2/h71-74,79H,6-70H2,1-5H3,(H,84,85)(H,86,87)/t72-,73+,74+/m0/s1. The molecule has 0 aromatic rings. The average molecular weight is 1420 g/mol. The molecular weight excluding hydrogens is 1270 g/mol. The minimum absolute atomic E-state index is 0.108. The third kappa shape index (κ3) is 72.2. The Morgan fingerprint density at radius 1 is 0.278 bits per heavy atom. The number of hydrogen-bond acceptors (Lipinski definition) is 15. The van der Waals surface area contributed by atoms with Crippen LogP contribution in [0.2, 0.25) is 0 Å². The molecule has 97 heavy (non-hydrogen) atoms. The van der Waals surface area contributed by atoms with Gasteiger partial charge in [0, 0.05) is 25.7 Å². The molecule has 0 radical (unpaired) electrons. The van der Waals surface area contributed by atoms with E-state index in [4.69, 9.17) is 37.0 Å². The van der Waals surface area contributed by atoms with Gasteiger partial charge in [0.2, 0.25) is 0 Å². The predicted molar refractivity (Wildman–Crippen MR) is 395 cm³/mol. The zero-order valence-electron chi connectivity index (χ0n) is 63.2. The van der Waals surface area contributed by atoms with E-state index in [1.54, 1.807) is 0 Å². The lowest BCUT2D eigenvalue weighted by atomic mass is 10.0. The molecule has 19 heteroatoms. The lowest BCUT2D eigenvalue weighted by Crippen LogP contribution is -2.30. The molecule has 0 aromatic heterocycles. The minimum atomic E-state index is -4.96. The quantitative estimate of drug-likeness (QED) is 0.0222. The number of rotatable bonds is 78. The molecule has 0 saturated heterocycles. The van der Waals surface area contributed by atoms with Crippen LogP contribution >= 0.6 is 15.6 Å². The van der Waals surface area contributed by atoms with Crippen molar-refractivity contribution in [2.45, 2.75) is 432 Å². The SMILES string of the molecule is CCCCCCCCCCCCCCCCCCCCC(=O)O[C@H](COC(=O)CCCCCCCCCCCCCCCC(C)C)COP(=O)(O)OC[C@@H](O)COP(=O)(O)OC[C@@H](COC(=O)CCCCCCCCCCCC)OC(=O)CCCCCCCCCCCCCCC. The molecule has 17 nitrogen and oxygen atoms in total. The first-order valence-corrected chi connectivity index (χ1v) is 43.6. The van der Waals surface area contributed by atoms with Gasteiger partial charge in [0.15, 0.2) is 12.2 Å². The highest BCUT2D eigenvalue weighted by atomic mass is 31.2. The van der Waals surface area contributed by atoms with E-state index >= 15 is 0 Å². The maximum atomic E-state index is 13.1. The van der Waals surface area contributed by atoms with E-state index in [9.17, 15) is 43.2 Å². The van der Waals surface area contributed by atoms with Gasteiger partial charge in [0.25, 0.3) is 0 Å². The van der Waals surface area contributed by atoms with Crippen LogP contribution < -0.4 is 0 Å². The molecule has 0 heterocycles. The number of ether oxygens (including phenoxy) is 4. The van der Waals surface area contributed by atoms with Crippen LogP contribution in [0.5, 0.6) is 0 Å². The van der Waals surface area contributed by atoms with E-state index in [1.165, 1.54) is 238 Å². The van der Waals surface area contributed by atoms with Crippen molar-refractivity contribution in [3.05, 3.63) is 0 Å². The molecule has 0 bridgehead atoms. The summed E-state index contributed by atoms with van der Waals surface area (Å²) < 4.78 is 68.6. The molecule has 0 fully saturated rings. The second-order valence-electron chi connectivity index (χ2n) is 28.6. The Kier molecular flexibility index (Phi) is 69.6. The molecule has 0 aliphatic heterocycles. The second-order valence-corrected chi connectivity index (χ2v) is 31.5. The Balaban J connectivity index is 5.24. The van der Waals surface area contributed by atoms with Crippen molar-refractivity contribution in [2.24, 2.45) is 5.92 Å². The van der Waals surface area contributed by atoms with E-state index in [0.717, 1.165) is 95.8 Å². The van der Waals surface area contributed by atoms with Crippen LogP contribution in [0.25, 0.3) is 0 Å². The number of phosphoric ester groups is 2. The first-order chi connectivity index (χ1) is 47.0. The van der Waals surface area contributed by atoms with Crippen LogP contribution in [0.4, 0.5) is 0 Å². The fourth-order valence-corrected chi connectivity index (χ4v) is 13.6. The molecule has 0 aliphatic rings. The third-order valence-corrected chi connectivity index (χ3v) is 20.2. The van der Waals surface area contributed by atoms with Crippen LogP contribution in [0.3, 0.4) is 0 Å². The summed E-state index contributed by atoms with van der Waals surface area (Å²) in [6.07, 6.45) is 60.9. The van der Waals surface area contributed by atoms with Crippen molar-refractivity contribution >= 4 is 39.5 Å². The van der Waals surface area contributed by atoms with Gasteiger partial charge in [-0.15, -0.1) is 0 Å². The fourth-order valence-electron chi connectivity index (χ4n) is 12.1. The topological polar surface area (TPSA) is 237 Å². The summed E-state index contributed by atoms with van der Waals surface area (Å²) in [6, 6.07) is 0. The summed E-state index contributed by atoms with van der Waals surface area (Å²) in [5.74, 6) is -1.32. The lowest BCUT2D eigenvalue weighted by molar-refractivity contribution is -0.161. The van der Waals surface area contributed by atoms with Crippen molar-refractivity contribution < 1.29 is 80.2 Å². The number of esters is 4. The summed E-state index contributed by atoms with van der Waals surface area (Å²) in [5.41, 5.74) is 0. The Labute approximate surface area is 594 Å². The van der Waals surface area contributed by atoms with Crippen LogP contribution in [-0.2, 0) is 65.4 Å². The summed E-state index contributed by atoms with van der Waals surface area (Å²) in [7, 11) is -9.91. The minimum Gasteiger partial charge on any atom is -0.462 e. The molecular formula is C78H152O17P2. The van der Waals surface area contributed by atoms with Gasteiger partial charge >= 0.3 is 39.5 Å². The number of carbonyl (C=O) groups is 4.